The average Bonchev–Trinajstić information content (AvgIpc) is 2.94. The van der Waals surface area contributed by atoms with Gasteiger partial charge in [-0.1, -0.05) is 35.2 Å². The van der Waals surface area contributed by atoms with E-state index in [0.29, 0.717) is 32.6 Å². The van der Waals surface area contributed by atoms with Gasteiger partial charge in [-0.2, -0.15) is 9.36 Å². The normalized spacial score (nSPS) is 10.5. The first-order valence-corrected chi connectivity index (χ1v) is 7.92. The third-order valence-corrected chi connectivity index (χ3v) is 4.07. The number of tetrazole rings is 1. The molecule has 0 fully saturated rings. The number of nitrogens with zero attached hydrogens (tertiary/aromatic N) is 4. The standard InChI is InChI=1S/C17H12Cl2N4O2/c1-3-11-5-4-6-15(23-17(24)22(2)20-21-23)13(11)10-25-16-9-12(18)7-8-14(16)19/h1,4-9H,10H2,2H3. The molecule has 6 nitrogen and oxygen atoms in total. The third-order valence-electron chi connectivity index (χ3n) is 3.52. The van der Waals surface area contributed by atoms with Gasteiger partial charge in [0.2, 0.25) is 0 Å². The van der Waals surface area contributed by atoms with Crippen molar-refractivity contribution >= 4 is 23.2 Å². The van der Waals surface area contributed by atoms with E-state index in [0.717, 1.165) is 4.68 Å². The molecule has 0 aliphatic carbocycles. The zero-order chi connectivity index (χ0) is 18.0. The van der Waals surface area contributed by atoms with Crippen LogP contribution in [0.4, 0.5) is 0 Å². The van der Waals surface area contributed by atoms with E-state index >= 15 is 0 Å². The molecule has 0 atom stereocenters. The van der Waals surface area contributed by atoms with E-state index in [-0.39, 0.29) is 6.61 Å². The minimum atomic E-state index is -0.392. The molecule has 0 N–H and O–H groups in total. The lowest BCUT2D eigenvalue weighted by molar-refractivity contribution is 0.305. The van der Waals surface area contributed by atoms with Crippen LogP contribution in [0.25, 0.3) is 5.69 Å². The summed E-state index contributed by atoms with van der Waals surface area (Å²) in [7, 11) is 1.51. The second-order valence-electron chi connectivity index (χ2n) is 5.11. The Morgan fingerprint density at radius 3 is 2.72 bits per heavy atom. The summed E-state index contributed by atoms with van der Waals surface area (Å²) in [6.45, 7) is 0.0821. The largest absolute Gasteiger partial charge is 0.487 e. The second kappa shape index (κ2) is 7.01. The van der Waals surface area contributed by atoms with Gasteiger partial charge in [-0.05, 0) is 34.7 Å². The van der Waals surface area contributed by atoms with Crippen LogP contribution in [-0.2, 0) is 13.7 Å². The number of halogens is 2. The molecule has 0 spiro atoms. The Bertz CT molecular complexity index is 1030. The van der Waals surface area contributed by atoms with Crippen LogP contribution in [0.2, 0.25) is 10.0 Å². The third kappa shape index (κ3) is 3.38. The summed E-state index contributed by atoms with van der Waals surface area (Å²) < 4.78 is 8.06. The van der Waals surface area contributed by atoms with Crippen molar-refractivity contribution in [1.82, 2.24) is 19.8 Å². The summed E-state index contributed by atoms with van der Waals surface area (Å²) in [6, 6.07) is 10.1. The molecule has 0 aliphatic heterocycles. The molecule has 3 aromatic rings. The van der Waals surface area contributed by atoms with Crippen molar-refractivity contribution < 1.29 is 4.74 Å². The van der Waals surface area contributed by atoms with Crippen LogP contribution in [-0.4, -0.2) is 19.8 Å². The monoisotopic (exact) mass is 374 g/mol. The molecule has 0 saturated heterocycles. The maximum Gasteiger partial charge on any atom is 0.368 e. The first kappa shape index (κ1) is 17.1. The number of aromatic nitrogens is 4. The van der Waals surface area contributed by atoms with Crippen LogP contribution in [0.15, 0.2) is 41.2 Å². The van der Waals surface area contributed by atoms with Crippen LogP contribution >= 0.6 is 23.2 Å². The molecule has 0 aliphatic rings. The predicted molar refractivity (Wildman–Crippen MR) is 95.3 cm³/mol. The van der Waals surface area contributed by atoms with Gasteiger partial charge >= 0.3 is 5.69 Å². The number of aryl methyl sites for hydroxylation is 1. The Kier molecular flexibility index (Phi) is 4.79. The Balaban J connectivity index is 2.03. The molecule has 0 radical (unpaired) electrons. The van der Waals surface area contributed by atoms with Crippen molar-refractivity contribution in [3.05, 3.63) is 68.1 Å². The highest BCUT2D eigenvalue weighted by atomic mass is 35.5. The van der Waals surface area contributed by atoms with Gasteiger partial charge in [0.15, 0.2) is 0 Å². The zero-order valence-corrected chi connectivity index (χ0v) is 14.6. The SMILES string of the molecule is C#Cc1cccc(-n2nnn(C)c2=O)c1COc1cc(Cl)ccc1Cl. The molecule has 0 amide bonds. The van der Waals surface area contributed by atoms with Gasteiger partial charge in [0.25, 0.3) is 0 Å². The number of ether oxygens (including phenoxy) is 1. The van der Waals surface area contributed by atoms with Crippen LogP contribution in [0.3, 0.4) is 0 Å². The molecule has 0 saturated carbocycles. The van der Waals surface area contributed by atoms with E-state index in [4.69, 9.17) is 34.4 Å². The van der Waals surface area contributed by atoms with Crippen LogP contribution in [0, 0.1) is 12.3 Å². The molecule has 3 rings (SSSR count). The molecular formula is C17H12Cl2N4O2. The molecule has 8 heteroatoms. The van der Waals surface area contributed by atoms with Crippen molar-refractivity contribution in [2.75, 3.05) is 0 Å². The summed E-state index contributed by atoms with van der Waals surface area (Å²) in [5.41, 5.74) is 1.29. The molecule has 126 valence electrons. The Morgan fingerprint density at radius 2 is 2.04 bits per heavy atom. The molecular weight excluding hydrogens is 363 g/mol. The number of hydrogen-bond donors (Lipinski definition) is 0. The second-order valence-corrected chi connectivity index (χ2v) is 5.95. The minimum Gasteiger partial charge on any atom is -0.487 e. The summed E-state index contributed by atoms with van der Waals surface area (Å²) in [5.74, 6) is 3.00. The van der Waals surface area contributed by atoms with Crippen LogP contribution < -0.4 is 10.4 Å². The van der Waals surface area contributed by atoms with Crippen molar-refractivity contribution in [2.24, 2.45) is 7.05 Å². The van der Waals surface area contributed by atoms with Gasteiger partial charge in [-0.3, -0.25) is 0 Å². The molecule has 0 unspecified atom stereocenters. The molecule has 1 heterocycles. The minimum absolute atomic E-state index is 0.0821. The lowest BCUT2D eigenvalue weighted by atomic mass is 10.1. The van der Waals surface area contributed by atoms with Gasteiger partial charge in [0.05, 0.1) is 10.7 Å². The predicted octanol–water partition coefficient (Wildman–Crippen LogP) is 2.83. The highest BCUT2D eigenvalue weighted by molar-refractivity contribution is 6.34. The summed E-state index contributed by atoms with van der Waals surface area (Å²) in [4.78, 5) is 12.2. The number of terminal acetylenes is 1. The Hall–Kier alpha value is -2.75. The van der Waals surface area contributed by atoms with Crippen molar-refractivity contribution in [3.63, 3.8) is 0 Å². The molecule has 0 bridgehead atoms. The summed E-state index contributed by atoms with van der Waals surface area (Å²) >= 11 is 12.1. The fourth-order valence-corrected chi connectivity index (χ4v) is 2.60. The maximum atomic E-state index is 12.2. The summed E-state index contributed by atoms with van der Waals surface area (Å²) in [5, 5.41) is 8.49. The maximum absolute atomic E-state index is 12.2. The van der Waals surface area contributed by atoms with E-state index in [1.54, 1.807) is 36.4 Å². The quantitative estimate of drug-likeness (QED) is 0.658. The van der Waals surface area contributed by atoms with E-state index in [2.05, 4.69) is 16.3 Å². The molecule has 2 aromatic carbocycles. The van der Waals surface area contributed by atoms with E-state index in [9.17, 15) is 4.79 Å². The lowest BCUT2D eigenvalue weighted by Gasteiger charge is -2.13. The van der Waals surface area contributed by atoms with E-state index < -0.39 is 5.69 Å². The number of hydrogen-bond acceptors (Lipinski definition) is 4. The first-order valence-electron chi connectivity index (χ1n) is 7.17. The highest BCUT2D eigenvalue weighted by Gasteiger charge is 2.15. The van der Waals surface area contributed by atoms with Gasteiger partial charge in [-0.25, -0.2) is 4.79 Å². The van der Waals surface area contributed by atoms with Gasteiger partial charge in [0.1, 0.15) is 12.4 Å². The molecule has 25 heavy (non-hydrogen) atoms. The number of benzene rings is 2. The first-order chi connectivity index (χ1) is 12.0. The fourth-order valence-electron chi connectivity index (χ4n) is 2.26. The Morgan fingerprint density at radius 1 is 1.24 bits per heavy atom. The lowest BCUT2D eigenvalue weighted by Crippen LogP contribution is -2.23. The zero-order valence-electron chi connectivity index (χ0n) is 13.1. The summed E-state index contributed by atoms with van der Waals surface area (Å²) in [6.07, 6.45) is 5.58. The van der Waals surface area contributed by atoms with Crippen LogP contribution in [0.5, 0.6) is 5.75 Å². The van der Waals surface area contributed by atoms with Gasteiger partial charge in [0, 0.05) is 29.3 Å². The van der Waals surface area contributed by atoms with Crippen LogP contribution in [0.1, 0.15) is 11.1 Å². The number of rotatable bonds is 4. The molecule has 1 aromatic heterocycles. The smallest absolute Gasteiger partial charge is 0.368 e. The fraction of sp³-hybridized carbons (Fsp3) is 0.118. The van der Waals surface area contributed by atoms with E-state index in [1.165, 1.54) is 11.7 Å². The Labute approximate surface area is 153 Å². The van der Waals surface area contributed by atoms with Crippen molar-refractivity contribution in [1.29, 1.82) is 0 Å². The van der Waals surface area contributed by atoms with Gasteiger partial charge < -0.3 is 4.74 Å². The van der Waals surface area contributed by atoms with Crippen molar-refractivity contribution in [3.8, 4) is 23.8 Å². The highest BCUT2D eigenvalue weighted by Crippen LogP contribution is 2.29. The average molecular weight is 375 g/mol. The van der Waals surface area contributed by atoms with Gasteiger partial charge in [-0.15, -0.1) is 6.42 Å². The van der Waals surface area contributed by atoms with Crippen molar-refractivity contribution in [2.45, 2.75) is 6.61 Å². The topological polar surface area (TPSA) is 61.9 Å². The van der Waals surface area contributed by atoms with E-state index in [1.807, 2.05) is 0 Å².